The molecule has 0 unspecified atom stereocenters. The lowest BCUT2D eigenvalue weighted by molar-refractivity contribution is -0.144. The number of benzene rings is 2. The van der Waals surface area contributed by atoms with E-state index >= 15 is 0 Å². The number of likely N-dealkylation sites (tertiary alicyclic amines) is 1. The summed E-state index contributed by atoms with van der Waals surface area (Å²) in [4.78, 5) is 57.6. The number of fused-ring (bicyclic) bond motifs is 1. The number of imide groups is 1. The molecule has 0 saturated carbocycles. The lowest BCUT2D eigenvalue weighted by atomic mass is 10.1. The molecule has 0 spiro atoms. The maximum Gasteiger partial charge on any atom is 0.261 e. The van der Waals surface area contributed by atoms with Crippen molar-refractivity contribution in [2.75, 3.05) is 7.05 Å². The van der Waals surface area contributed by atoms with Crippen LogP contribution in [0.1, 0.15) is 17.5 Å². The standard InChI is InChI=1S/C23H22N4O4/c1-15-7-6-10-17-21(15)24-14-26(22(17)30)13-20(29)25(2)18-11-19(28)27(23(18)31)12-16-8-4-3-5-9-16/h3-10,14,18H,11-13H2,1-2H3/t18-/m1/s1. The van der Waals surface area contributed by atoms with Gasteiger partial charge in [-0.15, -0.1) is 0 Å². The molecule has 0 aliphatic carbocycles. The number of aromatic nitrogens is 2. The first-order valence-corrected chi connectivity index (χ1v) is 9.95. The number of carbonyl (C=O) groups excluding carboxylic acids is 3. The van der Waals surface area contributed by atoms with Crippen molar-refractivity contribution in [3.8, 4) is 0 Å². The van der Waals surface area contributed by atoms with Crippen LogP contribution in [-0.2, 0) is 27.5 Å². The molecule has 8 nitrogen and oxygen atoms in total. The van der Waals surface area contributed by atoms with Gasteiger partial charge < -0.3 is 4.90 Å². The van der Waals surface area contributed by atoms with Gasteiger partial charge in [0.15, 0.2) is 0 Å². The molecule has 3 aromatic rings. The molecule has 1 aromatic heterocycles. The first kappa shape index (κ1) is 20.5. The first-order valence-electron chi connectivity index (χ1n) is 9.95. The second kappa shape index (κ2) is 8.14. The average molecular weight is 418 g/mol. The van der Waals surface area contributed by atoms with Crippen molar-refractivity contribution in [3.05, 3.63) is 76.3 Å². The van der Waals surface area contributed by atoms with Gasteiger partial charge in [0.05, 0.1) is 30.2 Å². The van der Waals surface area contributed by atoms with Crippen LogP contribution < -0.4 is 5.56 Å². The Morgan fingerprint density at radius 1 is 1.10 bits per heavy atom. The van der Waals surface area contributed by atoms with Gasteiger partial charge in [0, 0.05) is 7.05 Å². The van der Waals surface area contributed by atoms with E-state index in [4.69, 9.17) is 0 Å². The van der Waals surface area contributed by atoms with Crippen LogP contribution in [0.4, 0.5) is 0 Å². The molecule has 1 atom stereocenters. The molecule has 3 amide bonds. The van der Waals surface area contributed by atoms with E-state index in [0.29, 0.717) is 10.9 Å². The summed E-state index contributed by atoms with van der Waals surface area (Å²) in [5.41, 5.74) is 1.98. The molecule has 31 heavy (non-hydrogen) atoms. The third-order valence-corrected chi connectivity index (χ3v) is 5.63. The van der Waals surface area contributed by atoms with Crippen molar-refractivity contribution in [3.63, 3.8) is 0 Å². The van der Waals surface area contributed by atoms with Crippen LogP contribution >= 0.6 is 0 Å². The third kappa shape index (κ3) is 3.84. The normalized spacial score (nSPS) is 16.2. The number of likely N-dealkylation sites (N-methyl/N-ethyl adjacent to an activating group) is 1. The lowest BCUT2D eigenvalue weighted by Crippen LogP contribution is -2.44. The zero-order chi connectivity index (χ0) is 22.1. The molecule has 1 fully saturated rings. The smallest absolute Gasteiger partial charge is 0.261 e. The van der Waals surface area contributed by atoms with E-state index in [-0.39, 0.29) is 31.0 Å². The molecule has 1 aliphatic heterocycles. The summed E-state index contributed by atoms with van der Waals surface area (Å²) in [5.74, 6) is -1.17. The van der Waals surface area contributed by atoms with Gasteiger partial charge in [0.2, 0.25) is 11.8 Å². The van der Waals surface area contributed by atoms with E-state index < -0.39 is 17.9 Å². The van der Waals surface area contributed by atoms with Crippen molar-refractivity contribution in [2.45, 2.75) is 32.5 Å². The predicted octanol–water partition coefficient (Wildman–Crippen LogP) is 1.49. The Kier molecular flexibility index (Phi) is 5.37. The number of para-hydroxylation sites is 1. The number of rotatable bonds is 5. The molecule has 0 radical (unpaired) electrons. The molecule has 1 saturated heterocycles. The summed E-state index contributed by atoms with van der Waals surface area (Å²) in [6.45, 7) is 1.77. The van der Waals surface area contributed by atoms with Crippen molar-refractivity contribution in [1.82, 2.24) is 19.4 Å². The van der Waals surface area contributed by atoms with E-state index in [1.165, 1.54) is 27.7 Å². The van der Waals surface area contributed by atoms with Crippen LogP contribution in [0.15, 0.2) is 59.7 Å². The maximum absolute atomic E-state index is 12.8. The summed E-state index contributed by atoms with van der Waals surface area (Å²) >= 11 is 0. The predicted molar refractivity (Wildman–Crippen MR) is 114 cm³/mol. The van der Waals surface area contributed by atoms with Crippen molar-refractivity contribution >= 4 is 28.6 Å². The van der Waals surface area contributed by atoms with Gasteiger partial charge in [0.25, 0.3) is 11.5 Å². The first-order chi connectivity index (χ1) is 14.9. The summed E-state index contributed by atoms with van der Waals surface area (Å²) in [6, 6.07) is 13.6. The Balaban J connectivity index is 1.50. The van der Waals surface area contributed by atoms with Crippen LogP contribution in [0.5, 0.6) is 0 Å². The number of carbonyl (C=O) groups is 3. The highest BCUT2D eigenvalue weighted by Crippen LogP contribution is 2.21. The highest BCUT2D eigenvalue weighted by Gasteiger charge is 2.42. The molecule has 2 heterocycles. The third-order valence-electron chi connectivity index (χ3n) is 5.63. The van der Waals surface area contributed by atoms with Crippen LogP contribution in [0.25, 0.3) is 10.9 Å². The summed E-state index contributed by atoms with van der Waals surface area (Å²) in [6.07, 6.45) is 1.27. The van der Waals surface area contributed by atoms with Crippen LogP contribution in [-0.4, -0.2) is 50.2 Å². The Morgan fingerprint density at radius 2 is 1.84 bits per heavy atom. The molecule has 158 valence electrons. The van der Waals surface area contributed by atoms with Gasteiger partial charge in [0.1, 0.15) is 12.6 Å². The Morgan fingerprint density at radius 3 is 2.58 bits per heavy atom. The van der Waals surface area contributed by atoms with E-state index in [0.717, 1.165) is 11.1 Å². The van der Waals surface area contributed by atoms with Gasteiger partial charge in [-0.25, -0.2) is 4.98 Å². The van der Waals surface area contributed by atoms with Crippen molar-refractivity contribution in [2.24, 2.45) is 0 Å². The fourth-order valence-electron chi connectivity index (χ4n) is 3.78. The number of hydrogen-bond donors (Lipinski definition) is 0. The van der Waals surface area contributed by atoms with Gasteiger partial charge in [-0.1, -0.05) is 42.5 Å². The van der Waals surface area contributed by atoms with Crippen LogP contribution in [0.3, 0.4) is 0 Å². The van der Waals surface area contributed by atoms with E-state index in [2.05, 4.69) is 4.98 Å². The van der Waals surface area contributed by atoms with E-state index in [1.54, 1.807) is 12.1 Å². The Labute approximate surface area is 178 Å². The largest absolute Gasteiger partial charge is 0.332 e. The number of hydrogen-bond acceptors (Lipinski definition) is 5. The second-order valence-corrected chi connectivity index (χ2v) is 7.68. The molecule has 0 N–H and O–H groups in total. The molecular formula is C23H22N4O4. The number of nitrogens with zero attached hydrogens (tertiary/aromatic N) is 4. The van der Waals surface area contributed by atoms with Gasteiger partial charge in [-0.05, 0) is 24.1 Å². The lowest BCUT2D eigenvalue weighted by Gasteiger charge is -2.23. The average Bonchev–Trinajstić information content (AvgIpc) is 3.04. The van der Waals surface area contributed by atoms with Gasteiger partial charge in [-0.2, -0.15) is 0 Å². The molecule has 1 aliphatic rings. The number of aryl methyl sites for hydroxylation is 1. The minimum absolute atomic E-state index is 0.0715. The molecule has 0 bridgehead atoms. The number of amides is 3. The minimum atomic E-state index is -0.880. The molecular weight excluding hydrogens is 396 g/mol. The topological polar surface area (TPSA) is 92.6 Å². The SMILES string of the molecule is Cc1cccc2c(=O)n(CC(=O)N(C)[C@@H]3CC(=O)N(Cc4ccccc4)C3=O)cnc12. The zero-order valence-corrected chi connectivity index (χ0v) is 17.3. The fourth-order valence-corrected chi connectivity index (χ4v) is 3.78. The summed E-state index contributed by atoms with van der Waals surface area (Å²) < 4.78 is 1.23. The monoisotopic (exact) mass is 418 g/mol. The highest BCUT2D eigenvalue weighted by molar-refractivity contribution is 6.06. The summed E-state index contributed by atoms with van der Waals surface area (Å²) in [5, 5.41) is 0.430. The van der Waals surface area contributed by atoms with Gasteiger partial charge >= 0.3 is 0 Å². The van der Waals surface area contributed by atoms with Crippen molar-refractivity contribution < 1.29 is 14.4 Å². The second-order valence-electron chi connectivity index (χ2n) is 7.68. The molecule has 4 rings (SSSR count). The summed E-state index contributed by atoms with van der Waals surface area (Å²) in [7, 11) is 1.48. The van der Waals surface area contributed by atoms with E-state index in [1.807, 2.05) is 43.3 Å². The fraction of sp³-hybridized carbons (Fsp3) is 0.261. The minimum Gasteiger partial charge on any atom is -0.332 e. The maximum atomic E-state index is 12.8. The van der Waals surface area contributed by atoms with Crippen LogP contribution in [0, 0.1) is 6.92 Å². The van der Waals surface area contributed by atoms with Crippen LogP contribution in [0.2, 0.25) is 0 Å². The quantitative estimate of drug-likeness (QED) is 0.586. The molecule has 2 aromatic carbocycles. The Bertz CT molecular complexity index is 1240. The van der Waals surface area contributed by atoms with Gasteiger partial charge in [-0.3, -0.25) is 28.6 Å². The molecule has 8 heteroatoms. The van der Waals surface area contributed by atoms with Crippen molar-refractivity contribution in [1.29, 1.82) is 0 Å². The highest BCUT2D eigenvalue weighted by atomic mass is 16.2. The Hall–Kier alpha value is -3.81. The zero-order valence-electron chi connectivity index (χ0n) is 17.3. The van der Waals surface area contributed by atoms with E-state index in [9.17, 15) is 19.2 Å².